The molecular weight excluding hydrogens is 398 g/mol. The number of benzene rings is 1. The maximum atomic E-state index is 12.6. The Hall–Kier alpha value is -1.68. The molecule has 0 atom stereocenters. The van der Waals surface area contributed by atoms with Gasteiger partial charge >= 0.3 is 0 Å². The average molecular weight is 418 g/mol. The zero-order chi connectivity index (χ0) is 18.4. The molecule has 1 aliphatic heterocycles. The molecule has 6 heteroatoms. The fourth-order valence-corrected chi connectivity index (χ4v) is 5.00. The molecule has 25 heavy (non-hydrogen) atoms. The summed E-state index contributed by atoms with van der Waals surface area (Å²) < 4.78 is 0.920. The molecule has 2 N–H and O–H groups in total. The first-order valence-corrected chi connectivity index (χ1v) is 9.66. The number of hydrogen-bond donors (Lipinski definition) is 2. The Morgan fingerprint density at radius 1 is 1.28 bits per heavy atom. The van der Waals surface area contributed by atoms with E-state index >= 15 is 0 Å². The number of halogens is 1. The first-order chi connectivity index (χ1) is 11.6. The zero-order valence-electron chi connectivity index (χ0n) is 14.7. The minimum absolute atomic E-state index is 0.101. The van der Waals surface area contributed by atoms with Crippen molar-refractivity contribution in [1.29, 1.82) is 5.26 Å². The molecule has 2 aromatic rings. The Labute approximate surface area is 160 Å². The monoisotopic (exact) mass is 417 g/mol. The van der Waals surface area contributed by atoms with Crippen molar-refractivity contribution in [3.05, 3.63) is 50.3 Å². The van der Waals surface area contributed by atoms with Gasteiger partial charge < -0.3 is 10.6 Å². The summed E-state index contributed by atoms with van der Waals surface area (Å²) in [6.07, 6.45) is 0.763. The van der Waals surface area contributed by atoms with Gasteiger partial charge in [-0.15, -0.1) is 11.3 Å². The second kappa shape index (κ2) is 6.24. The van der Waals surface area contributed by atoms with E-state index in [0.29, 0.717) is 16.1 Å². The van der Waals surface area contributed by atoms with Crippen LogP contribution in [-0.4, -0.2) is 11.4 Å². The molecule has 0 aliphatic carbocycles. The van der Waals surface area contributed by atoms with Crippen molar-refractivity contribution in [2.45, 2.75) is 45.2 Å². The van der Waals surface area contributed by atoms with Crippen LogP contribution < -0.4 is 10.6 Å². The molecule has 2 heterocycles. The number of amides is 1. The lowest BCUT2D eigenvalue weighted by Gasteiger charge is -2.42. The molecule has 0 unspecified atom stereocenters. The topological polar surface area (TPSA) is 64.9 Å². The molecule has 3 rings (SSSR count). The number of nitriles is 1. The van der Waals surface area contributed by atoms with E-state index in [2.05, 4.69) is 60.3 Å². The van der Waals surface area contributed by atoms with Crippen LogP contribution in [0.25, 0.3) is 0 Å². The predicted octanol–water partition coefficient (Wildman–Crippen LogP) is 4.79. The van der Waals surface area contributed by atoms with Crippen LogP contribution in [0, 0.1) is 11.3 Å². The van der Waals surface area contributed by atoms with Crippen LogP contribution in [-0.2, 0) is 12.0 Å². The van der Waals surface area contributed by atoms with E-state index < -0.39 is 0 Å². The van der Waals surface area contributed by atoms with Gasteiger partial charge in [0.2, 0.25) is 0 Å². The van der Waals surface area contributed by atoms with Gasteiger partial charge in [-0.05, 0) is 63.9 Å². The van der Waals surface area contributed by atoms with Gasteiger partial charge in [-0.3, -0.25) is 4.79 Å². The number of rotatable bonds is 2. The molecule has 1 aromatic carbocycles. The number of anilines is 1. The Bertz CT molecular complexity index is 875. The van der Waals surface area contributed by atoms with Gasteiger partial charge in [0.25, 0.3) is 5.91 Å². The van der Waals surface area contributed by atoms with Gasteiger partial charge in [0.15, 0.2) is 0 Å². The van der Waals surface area contributed by atoms with E-state index in [1.807, 2.05) is 12.1 Å². The summed E-state index contributed by atoms with van der Waals surface area (Å²) in [6.45, 7) is 8.50. The third-order valence-electron chi connectivity index (χ3n) is 4.29. The van der Waals surface area contributed by atoms with Gasteiger partial charge in [-0.25, -0.2) is 0 Å². The second-order valence-electron chi connectivity index (χ2n) is 7.50. The molecule has 4 nitrogen and oxygen atoms in total. The lowest BCUT2D eigenvalue weighted by atomic mass is 9.81. The summed E-state index contributed by atoms with van der Waals surface area (Å²) in [7, 11) is 0. The Morgan fingerprint density at radius 3 is 2.52 bits per heavy atom. The number of fused-ring (bicyclic) bond motifs is 1. The highest BCUT2D eigenvalue weighted by molar-refractivity contribution is 9.10. The highest BCUT2D eigenvalue weighted by Gasteiger charge is 2.40. The molecule has 1 aliphatic rings. The second-order valence-corrected chi connectivity index (χ2v) is 9.43. The number of carbonyl (C=O) groups excluding carboxylic acids is 1. The highest BCUT2D eigenvalue weighted by atomic mass is 79.9. The van der Waals surface area contributed by atoms with Crippen molar-refractivity contribution in [1.82, 2.24) is 5.32 Å². The number of hydrogen-bond acceptors (Lipinski definition) is 4. The Balaban J connectivity index is 1.99. The van der Waals surface area contributed by atoms with Gasteiger partial charge in [0, 0.05) is 26.0 Å². The molecule has 0 fully saturated rings. The maximum absolute atomic E-state index is 12.6. The number of thiophene rings is 1. The summed E-state index contributed by atoms with van der Waals surface area (Å²) >= 11 is 4.86. The summed E-state index contributed by atoms with van der Waals surface area (Å²) in [5.41, 5.74) is 1.86. The van der Waals surface area contributed by atoms with Crippen molar-refractivity contribution in [2.24, 2.45) is 0 Å². The third kappa shape index (κ3) is 3.50. The van der Waals surface area contributed by atoms with E-state index in [9.17, 15) is 10.1 Å². The van der Waals surface area contributed by atoms with Crippen LogP contribution in [0.2, 0.25) is 0 Å². The van der Waals surface area contributed by atoms with Crippen molar-refractivity contribution in [3.8, 4) is 6.07 Å². The normalized spacial score (nSPS) is 17.4. The number of nitrogens with zero attached hydrogens (tertiary/aromatic N) is 1. The lowest BCUT2D eigenvalue weighted by Crippen LogP contribution is -2.54. The molecule has 0 bridgehead atoms. The number of carbonyl (C=O) groups is 1. The molecule has 130 valence electrons. The Morgan fingerprint density at radius 2 is 1.92 bits per heavy atom. The lowest BCUT2D eigenvalue weighted by molar-refractivity contribution is 0.102. The quantitative estimate of drug-likeness (QED) is 0.737. The predicted molar refractivity (Wildman–Crippen MR) is 105 cm³/mol. The Kier molecular flexibility index (Phi) is 4.52. The molecular formula is C19H20BrN3OS. The summed E-state index contributed by atoms with van der Waals surface area (Å²) in [6, 6.07) is 9.48. The van der Waals surface area contributed by atoms with E-state index in [4.69, 9.17) is 0 Å². The molecule has 0 spiro atoms. The molecule has 0 saturated carbocycles. The highest BCUT2D eigenvalue weighted by Crippen LogP contribution is 2.44. The average Bonchev–Trinajstić information content (AvgIpc) is 2.83. The molecule has 1 amide bonds. The van der Waals surface area contributed by atoms with E-state index in [1.165, 1.54) is 11.3 Å². The van der Waals surface area contributed by atoms with Crippen LogP contribution in [0.5, 0.6) is 0 Å². The van der Waals surface area contributed by atoms with E-state index in [1.54, 1.807) is 12.1 Å². The largest absolute Gasteiger partial charge is 0.312 e. The van der Waals surface area contributed by atoms with Gasteiger partial charge in [0.1, 0.15) is 11.1 Å². The van der Waals surface area contributed by atoms with Gasteiger partial charge in [0.05, 0.1) is 5.56 Å². The van der Waals surface area contributed by atoms with Crippen LogP contribution >= 0.6 is 27.3 Å². The van der Waals surface area contributed by atoms with Crippen molar-refractivity contribution < 1.29 is 4.79 Å². The fourth-order valence-electron chi connectivity index (χ4n) is 3.51. The van der Waals surface area contributed by atoms with E-state index in [0.717, 1.165) is 21.3 Å². The zero-order valence-corrected chi connectivity index (χ0v) is 17.1. The first-order valence-electron chi connectivity index (χ1n) is 8.05. The van der Waals surface area contributed by atoms with Gasteiger partial charge in [-0.2, -0.15) is 5.26 Å². The summed E-state index contributed by atoms with van der Waals surface area (Å²) in [5.74, 6) is -0.201. The van der Waals surface area contributed by atoms with Gasteiger partial charge in [-0.1, -0.05) is 15.9 Å². The molecule has 0 saturated heterocycles. The van der Waals surface area contributed by atoms with Crippen LogP contribution in [0.1, 0.15) is 54.1 Å². The van der Waals surface area contributed by atoms with Crippen LogP contribution in [0.4, 0.5) is 5.00 Å². The molecule has 1 aromatic heterocycles. The third-order valence-corrected chi connectivity index (χ3v) is 6.29. The first kappa shape index (κ1) is 18.1. The SMILES string of the molecule is CC1(C)Cc2c(sc(NC(=O)c3ccc(Br)cc3)c2C#N)C(C)(C)N1. The van der Waals surface area contributed by atoms with Crippen molar-refractivity contribution >= 4 is 38.2 Å². The standard InChI is InChI=1S/C19H20BrN3OS/c1-18(2)9-13-14(10-21)17(25-15(13)19(3,4)23-18)22-16(24)11-5-7-12(20)8-6-11/h5-8,23H,9H2,1-4H3,(H,22,24). The van der Waals surface area contributed by atoms with Crippen LogP contribution in [0.15, 0.2) is 28.7 Å². The van der Waals surface area contributed by atoms with Crippen molar-refractivity contribution in [2.75, 3.05) is 5.32 Å². The summed E-state index contributed by atoms with van der Waals surface area (Å²) in [4.78, 5) is 13.7. The minimum atomic E-state index is -0.242. The molecule has 0 radical (unpaired) electrons. The number of nitrogens with one attached hydrogen (secondary N) is 2. The van der Waals surface area contributed by atoms with E-state index in [-0.39, 0.29) is 17.0 Å². The van der Waals surface area contributed by atoms with Crippen molar-refractivity contribution in [3.63, 3.8) is 0 Å². The van der Waals surface area contributed by atoms with Crippen LogP contribution in [0.3, 0.4) is 0 Å². The summed E-state index contributed by atoms with van der Waals surface area (Å²) in [5, 5.41) is 16.9. The smallest absolute Gasteiger partial charge is 0.256 e. The fraction of sp³-hybridized carbons (Fsp3) is 0.368. The maximum Gasteiger partial charge on any atom is 0.256 e. The minimum Gasteiger partial charge on any atom is -0.312 e.